The molecule has 0 aromatic carbocycles. The third-order valence-corrected chi connectivity index (χ3v) is 5.19. The summed E-state index contributed by atoms with van der Waals surface area (Å²) in [5.41, 5.74) is 0.711. The van der Waals surface area contributed by atoms with Crippen LogP contribution in [0.5, 0.6) is 0 Å². The summed E-state index contributed by atoms with van der Waals surface area (Å²) in [6.07, 6.45) is 7.49. The minimum absolute atomic E-state index is 0.711. The van der Waals surface area contributed by atoms with Gasteiger partial charge in [-0.1, -0.05) is 29.3 Å². The van der Waals surface area contributed by atoms with Crippen molar-refractivity contribution in [2.75, 3.05) is 5.33 Å². The number of alkyl halides is 1. The van der Waals surface area contributed by atoms with Crippen LogP contribution in [0, 0.1) is 17.3 Å². The van der Waals surface area contributed by atoms with Gasteiger partial charge in [-0.25, -0.2) is 0 Å². The van der Waals surface area contributed by atoms with Gasteiger partial charge in [-0.15, -0.1) is 0 Å². The molecule has 0 heterocycles. The van der Waals surface area contributed by atoms with Gasteiger partial charge < -0.3 is 0 Å². The van der Waals surface area contributed by atoms with Crippen LogP contribution < -0.4 is 0 Å². The molecule has 2 saturated carbocycles. The van der Waals surface area contributed by atoms with Crippen LogP contribution in [0.25, 0.3) is 0 Å². The SMILES string of the molecule is CCC1(CBr)CC2CCC1C2. The molecule has 0 radical (unpaired) electrons. The maximum absolute atomic E-state index is 3.70. The first-order chi connectivity index (χ1) is 5.30. The summed E-state index contributed by atoms with van der Waals surface area (Å²) in [6, 6.07) is 0. The smallest absolute Gasteiger partial charge is 0.00906 e. The molecule has 2 bridgehead atoms. The number of hydrogen-bond donors (Lipinski definition) is 0. The zero-order valence-corrected chi connectivity index (χ0v) is 8.86. The minimum Gasteiger partial charge on any atom is -0.0922 e. The minimum atomic E-state index is 0.711. The highest BCUT2D eigenvalue weighted by Gasteiger charge is 2.48. The predicted molar refractivity (Wildman–Crippen MR) is 52.0 cm³/mol. The molecular weight excluding hydrogens is 200 g/mol. The average molecular weight is 217 g/mol. The van der Waals surface area contributed by atoms with E-state index in [1.165, 1.54) is 31.0 Å². The zero-order chi connectivity index (χ0) is 7.90. The van der Waals surface area contributed by atoms with Gasteiger partial charge in [-0.2, -0.15) is 0 Å². The Kier molecular flexibility index (Phi) is 2.03. The topological polar surface area (TPSA) is 0 Å². The summed E-state index contributed by atoms with van der Waals surface area (Å²) in [4.78, 5) is 0. The maximum Gasteiger partial charge on any atom is 0.00906 e. The lowest BCUT2D eigenvalue weighted by atomic mass is 9.73. The van der Waals surface area contributed by atoms with Crippen LogP contribution in [0.15, 0.2) is 0 Å². The summed E-state index contributed by atoms with van der Waals surface area (Å²) in [6.45, 7) is 2.36. The molecule has 11 heavy (non-hydrogen) atoms. The highest BCUT2D eigenvalue weighted by molar-refractivity contribution is 9.09. The van der Waals surface area contributed by atoms with Crippen LogP contribution in [-0.4, -0.2) is 5.33 Å². The molecule has 0 N–H and O–H groups in total. The lowest BCUT2D eigenvalue weighted by Gasteiger charge is -2.35. The first-order valence-corrected chi connectivity index (χ1v) is 5.99. The Morgan fingerprint density at radius 2 is 2.27 bits per heavy atom. The van der Waals surface area contributed by atoms with Crippen molar-refractivity contribution < 1.29 is 0 Å². The van der Waals surface area contributed by atoms with Crippen molar-refractivity contribution in [1.29, 1.82) is 0 Å². The van der Waals surface area contributed by atoms with Crippen LogP contribution in [0.1, 0.15) is 39.0 Å². The highest BCUT2D eigenvalue weighted by Crippen LogP contribution is 2.58. The van der Waals surface area contributed by atoms with E-state index in [9.17, 15) is 0 Å². The van der Waals surface area contributed by atoms with Crippen molar-refractivity contribution in [3.8, 4) is 0 Å². The molecule has 2 aliphatic carbocycles. The summed E-state index contributed by atoms with van der Waals surface area (Å²) in [5.74, 6) is 2.16. The van der Waals surface area contributed by atoms with Crippen LogP contribution >= 0.6 is 15.9 Å². The Hall–Kier alpha value is 0.480. The number of rotatable bonds is 2. The van der Waals surface area contributed by atoms with Gasteiger partial charge >= 0.3 is 0 Å². The quantitative estimate of drug-likeness (QED) is 0.620. The normalized spacial score (nSPS) is 48.5. The molecule has 0 aromatic rings. The van der Waals surface area contributed by atoms with Crippen molar-refractivity contribution in [1.82, 2.24) is 0 Å². The molecule has 0 aromatic heterocycles. The van der Waals surface area contributed by atoms with Gasteiger partial charge in [0, 0.05) is 5.33 Å². The average Bonchev–Trinajstić information content (AvgIpc) is 2.62. The number of halogens is 1. The molecule has 0 amide bonds. The summed E-state index contributed by atoms with van der Waals surface area (Å²) in [5, 5.41) is 1.25. The van der Waals surface area contributed by atoms with E-state index in [2.05, 4.69) is 22.9 Å². The van der Waals surface area contributed by atoms with Gasteiger partial charge in [-0.05, 0) is 42.9 Å². The molecule has 2 aliphatic rings. The van der Waals surface area contributed by atoms with Crippen LogP contribution in [0.3, 0.4) is 0 Å². The second-order valence-corrected chi connectivity index (χ2v) is 4.99. The van der Waals surface area contributed by atoms with Crippen molar-refractivity contribution in [3.05, 3.63) is 0 Å². The van der Waals surface area contributed by atoms with Crippen molar-refractivity contribution >= 4 is 15.9 Å². The van der Waals surface area contributed by atoms with Crippen LogP contribution in [-0.2, 0) is 0 Å². The molecule has 3 unspecified atom stereocenters. The van der Waals surface area contributed by atoms with Gasteiger partial charge in [0.2, 0.25) is 0 Å². The van der Waals surface area contributed by atoms with E-state index in [1.807, 2.05) is 0 Å². The first-order valence-electron chi connectivity index (χ1n) is 4.86. The lowest BCUT2D eigenvalue weighted by molar-refractivity contribution is 0.190. The molecule has 1 heteroatoms. The molecule has 2 fully saturated rings. The largest absolute Gasteiger partial charge is 0.0922 e. The van der Waals surface area contributed by atoms with Crippen LogP contribution in [0.2, 0.25) is 0 Å². The molecule has 0 nitrogen and oxygen atoms in total. The van der Waals surface area contributed by atoms with E-state index in [0.717, 1.165) is 11.8 Å². The molecule has 64 valence electrons. The van der Waals surface area contributed by atoms with E-state index in [1.54, 1.807) is 6.42 Å². The molecule has 0 spiro atoms. The fraction of sp³-hybridized carbons (Fsp3) is 1.00. The number of hydrogen-bond acceptors (Lipinski definition) is 0. The van der Waals surface area contributed by atoms with Gasteiger partial charge in [0.05, 0.1) is 0 Å². The molecule has 0 saturated heterocycles. The fourth-order valence-corrected chi connectivity index (χ4v) is 4.33. The first kappa shape index (κ1) is 8.10. The van der Waals surface area contributed by atoms with E-state index >= 15 is 0 Å². The molecule has 0 aliphatic heterocycles. The Morgan fingerprint density at radius 3 is 2.55 bits per heavy atom. The van der Waals surface area contributed by atoms with Gasteiger partial charge in [-0.3, -0.25) is 0 Å². The second kappa shape index (κ2) is 2.76. The maximum atomic E-state index is 3.70. The Labute approximate surface area is 77.9 Å². The third kappa shape index (κ3) is 1.07. The van der Waals surface area contributed by atoms with Crippen molar-refractivity contribution in [3.63, 3.8) is 0 Å². The Bertz CT molecular complexity index is 149. The lowest BCUT2D eigenvalue weighted by Crippen LogP contribution is -2.28. The van der Waals surface area contributed by atoms with Crippen molar-refractivity contribution in [2.45, 2.75) is 39.0 Å². The molecular formula is C10H17Br. The van der Waals surface area contributed by atoms with Crippen LogP contribution in [0.4, 0.5) is 0 Å². The van der Waals surface area contributed by atoms with Crippen molar-refractivity contribution in [2.24, 2.45) is 17.3 Å². The van der Waals surface area contributed by atoms with E-state index in [4.69, 9.17) is 0 Å². The Balaban J connectivity index is 2.14. The van der Waals surface area contributed by atoms with E-state index in [0.29, 0.717) is 5.41 Å². The summed E-state index contributed by atoms with van der Waals surface area (Å²) in [7, 11) is 0. The zero-order valence-electron chi connectivity index (χ0n) is 7.28. The molecule has 2 rings (SSSR count). The predicted octanol–water partition coefficient (Wildman–Crippen LogP) is 3.60. The fourth-order valence-electron chi connectivity index (χ4n) is 3.25. The standard InChI is InChI=1S/C10H17Br/c1-2-10(7-11)6-8-3-4-9(10)5-8/h8-9H,2-7H2,1H3. The Morgan fingerprint density at radius 1 is 1.45 bits per heavy atom. The van der Waals surface area contributed by atoms with E-state index < -0.39 is 0 Å². The molecule has 3 atom stereocenters. The van der Waals surface area contributed by atoms with Gasteiger partial charge in [0.15, 0.2) is 0 Å². The second-order valence-electron chi connectivity index (χ2n) is 4.43. The van der Waals surface area contributed by atoms with E-state index in [-0.39, 0.29) is 0 Å². The van der Waals surface area contributed by atoms with Gasteiger partial charge in [0.1, 0.15) is 0 Å². The monoisotopic (exact) mass is 216 g/mol. The van der Waals surface area contributed by atoms with Gasteiger partial charge in [0.25, 0.3) is 0 Å². The summed E-state index contributed by atoms with van der Waals surface area (Å²) < 4.78 is 0. The number of fused-ring (bicyclic) bond motifs is 2. The highest BCUT2D eigenvalue weighted by atomic mass is 79.9. The third-order valence-electron chi connectivity index (χ3n) is 4.07. The summed E-state index contributed by atoms with van der Waals surface area (Å²) >= 11 is 3.70.